The molecule has 0 bridgehead atoms. The van der Waals surface area contributed by atoms with Crippen LogP contribution in [0.15, 0.2) is 29.2 Å². The van der Waals surface area contributed by atoms with Gasteiger partial charge in [0.2, 0.25) is 0 Å². The van der Waals surface area contributed by atoms with Crippen LogP contribution in [-0.4, -0.2) is 0 Å². The zero-order valence-electron chi connectivity index (χ0n) is 14.1. The number of benzene rings is 1. The van der Waals surface area contributed by atoms with Crippen molar-refractivity contribution in [2.75, 3.05) is 0 Å². The first kappa shape index (κ1) is 16.4. The topological polar surface area (TPSA) is 0 Å². The van der Waals surface area contributed by atoms with Gasteiger partial charge >= 0.3 is 0 Å². The minimum absolute atomic E-state index is 0.807. The Morgan fingerprint density at radius 1 is 0.818 bits per heavy atom. The molecule has 1 aromatic rings. The Labute approximate surface area is 142 Å². The fourth-order valence-electron chi connectivity index (χ4n) is 5.03. The van der Waals surface area contributed by atoms with E-state index < -0.39 is 0 Å². The quantitative estimate of drug-likeness (QED) is 0.576. The van der Waals surface area contributed by atoms with Gasteiger partial charge in [0.15, 0.2) is 0 Å². The number of hydrogen-bond donors (Lipinski definition) is 1. The van der Waals surface area contributed by atoms with E-state index in [-0.39, 0.29) is 0 Å². The molecule has 0 unspecified atom stereocenters. The molecule has 0 heterocycles. The molecule has 2 saturated carbocycles. The van der Waals surface area contributed by atoms with Crippen molar-refractivity contribution < 1.29 is 0 Å². The Kier molecular flexibility index (Phi) is 5.90. The molecule has 0 saturated heterocycles. The maximum absolute atomic E-state index is 4.40. The van der Waals surface area contributed by atoms with Gasteiger partial charge in [-0.25, -0.2) is 0 Å². The summed E-state index contributed by atoms with van der Waals surface area (Å²) in [5.74, 6) is 3.94. The molecule has 122 valence electrons. The summed E-state index contributed by atoms with van der Waals surface area (Å²) in [6.07, 6.45) is 14.7. The highest BCUT2D eigenvalue weighted by Gasteiger charge is 2.30. The predicted molar refractivity (Wildman–Crippen MR) is 98.7 cm³/mol. The first-order valence-corrected chi connectivity index (χ1v) is 10.00. The van der Waals surface area contributed by atoms with Crippen LogP contribution < -0.4 is 0 Å². The Bertz CT molecular complexity index is 433. The lowest BCUT2D eigenvalue weighted by molar-refractivity contribution is 0.156. The van der Waals surface area contributed by atoms with Crippen LogP contribution in [0.3, 0.4) is 0 Å². The van der Waals surface area contributed by atoms with Crippen molar-refractivity contribution in [2.45, 2.75) is 81.9 Å². The highest BCUT2D eigenvalue weighted by molar-refractivity contribution is 7.80. The average Bonchev–Trinajstić information content (AvgIpc) is 2.57. The molecule has 1 heteroatoms. The van der Waals surface area contributed by atoms with Gasteiger partial charge < -0.3 is 0 Å². The second-order valence-corrected chi connectivity index (χ2v) is 8.29. The van der Waals surface area contributed by atoms with E-state index in [9.17, 15) is 0 Å². The molecule has 0 amide bonds. The second-order valence-electron chi connectivity index (χ2n) is 7.77. The molecule has 2 aliphatic carbocycles. The molecule has 2 fully saturated rings. The number of hydrogen-bond acceptors (Lipinski definition) is 1. The van der Waals surface area contributed by atoms with E-state index in [1.54, 1.807) is 5.56 Å². The summed E-state index contributed by atoms with van der Waals surface area (Å²) in [5, 5.41) is 0. The second kappa shape index (κ2) is 7.90. The Morgan fingerprint density at radius 2 is 1.36 bits per heavy atom. The van der Waals surface area contributed by atoms with Crippen molar-refractivity contribution in [3.8, 4) is 0 Å². The average molecular weight is 317 g/mol. The van der Waals surface area contributed by atoms with Crippen LogP contribution in [0.2, 0.25) is 0 Å². The minimum Gasteiger partial charge on any atom is -0.143 e. The van der Waals surface area contributed by atoms with Crippen molar-refractivity contribution in [3.63, 3.8) is 0 Å². The summed E-state index contributed by atoms with van der Waals surface area (Å²) in [6, 6.07) is 8.89. The van der Waals surface area contributed by atoms with Crippen molar-refractivity contribution in [1.29, 1.82) is 0 Å². The first-order chi connectivity index (χ1) is 10.8. The third-order valence-electron chi connectivity index (χ3n) is 6.39. The summed E-state index contributed by atoms with van der Waals surface area (Å²) >= 11 is 4.40. The molecule has 2 aliphatic rings. The lowest BCUT2D eigenvalue weighted by Gasteiger charge is -2.38. The van der Waals surface area contributed by atoms with Crippen LogP contribution in [-0.2, 0) is 0 Å². The molecule has 0 aliphatic heterocycles. The molecule has 22 heavy (non-hydrogen) atoms. The van der Waals surface area contributed by atoms with Crippen molar-refractivity contribution in [1.82, 2.24) is 0 Å². The highest BCUT2D eigenvalue weighted by atomic mass is 32.1. The highest BCUT2D eigenvalue weighted by Crippen LogP contribution is 2.44. The third-order valence-corrected chi connectivity index (χ3v) is 6.69. The van der Waals surface area contributed by atoms with E-state index in [0.29, 0.717) is 0 Å². The fraction of sp³-hybridized carbons (Fsp3) is 0.714. The monoisotopic (exact) mass is 316 g/mol. The van der Waals surface area contributed by atoms with Gasteiger partial charge in [0.25, 0.3) is 0 Å². The summed E-state index contributed by atoms with van der Waals surface area (Å²) in [5.41, 5.74) is 1.54. The Balaban J connectivity index is 1.47. The van der Waals surface area contributed by atoms with Gasteiger partial charge in [0.1, 0.15) is 0 Å². The number of thiol groups is 1. The van der Waals surface area contributed by atoms with E-state index in [2.05, 4.69) is 43.8 Å². The zero-order valence-corrected chi connectivity index (χ0v) is 15.0. The summed E-state index contributed by atoms with van der Waals surface area (Å²) in [4.78, 5) is 1.08. The Hall–Kier alpha value is -0.430. The van der Waals surface area contributed by atoms with Crippen molar-refractivity contribution in [2.24, 2.45) is 17.8 Å². The van der Waals surface area contributed by atoms with Gasteiger partial charge in [-0.15, -0.1) is 12.6 Å². The summed E-state index contributed by atoms with van der Waals surface area (Å²) in [6.45, 7) is 2.34. The van der Waals surface area contributed by atoms with Gasteiger partial charge in [0.05, 0.1) is 0 Å². The van der Waals surface area contributed by atoms with Gasteiger partial charge in [-0.3, -0.25) is 0 Å². The summed E-state index contributed by atoms with van der Waals surface area (Å²) in [7, 11) is 0. The normalized spacial score (nSPS) is 32.8. The molecule has 0 N–H and O–H groups in total. The van der Waals surface area contributed by atoms with Crippen LogP contribution in [0, 0.1) is 17.8 Å². The van der Waals surface area contributed by atoms with Crippen molar-refractivity contribution >= 4 is 12.6 Å². The maximum atomic E-state index is 4.40. The maximum Gasteiger partial charge on any atom is 0.00401 e. The molecule has 1 aromatic carbocycles. The molecule has 0 spiro atoms. The van der Waals surface area contributed by atoms with E-state index in [1.807, 2.05) is 0 Å². The minimum atomic E-state index is 0.807. The van der Waals surface area contributed by atoms with Crippen LogP contribution in [0.1, 0.15) is 82.6 Å². The van der Waals surface area contributed by atoms with Gasteiger partial charge in [-0.2, -0.15) is 0 Å². The molecule has 0 nitrogen and oxygen atoms in total. The molecule has 0 radical (unpaired) electrons. The zero-order chi connectivity index (χ0) is 15.4. The van der Waals surface area contributed by atoms with Crippen LogP contribution in [0.5, 0.6) is 0 Å². The first-order valence-electron chi connectivity index (χ1n) is 9.55. The molecule has 3 rings (SSSR count). The van der Waals surface area contributed by atoms with E-state index >= 15 is 0 Å². The van der Waals surface area contributed by atoms with Gasteiger partial charge in [0, 0.05) is 4.90 Å². The smallest absolute Gasteiger partial charge is 0.00401 e. The van der Waals surface area contributed by atoms with Crippen LogP contribution >= 0.6 is 12.6 Å². The SMILES string of the molecule is CCCC1CCC(C2CCC(c3ccc(S)cc3)CC2)CC1. The van der Waals surface area contributed by atoms with Gasteiger partial charge in [-0.1, -0.05) is 44.7 Å². The molecular weight excluding hydrogens is 284 g/mol. The molecule has 0 atom stereocenters. The third kappa shape index (κ3) is 4.10. The van der Waals surface area contributed by atoms with E-state index in [1.165, 1.54) is 64.2 Å². The van der Waals surface area contributed by atoms with Crippen molar-refractivity contribution in [3.05, 3.63) is 29.8 Å². The van der Waals surface area contributed by atoms with E-state index in [0.717, 1.165) is 28.6 Å². The summed E-state index contributed by atoms with van der Waals surface area (Å²) < 4.78 is 0. The predicted octanol–water partition coefficient (Wildman–Crippen LogP) is 6.86. The lowest BCUT2D eigenvalue weighted by atomic mass is 9.68. The lowest BCUT2D eigenvalue weighted by Crippen LogP contribution is -2.25. The van der Waals surface area contributed by atoms with Crippen LogP contribution in [0.25, 0.3) is 0 Å². The standard InChI is InChI=1S/C21H32S/c1-2-3-16-4-6-17(7-5-16)18-8-10-19(11-9-18)20-12-14-21(22)15-13-20/h12-19,22H,2-11H2,1H3. The molecule has 0 aromatic heterocycles. The van der Waals surface area contributed by atoms with E-state index in [4.69, 9.17) is 0 Å². The van der Waals surface area contributed by atoms with Gasteiger partial charge in [-0.05, 0) is 79.9 Å². The van der Waals surface area contributed by atoms with Crippen LogP contribution in [0.4, 0.5) is 0 Å². The number of rotatable bonds is 4. The molecular formula is C21H32S. The fourth-order valence-corrected chi connectivity index (χ4v) is 5.18. The largest absolute Gasteiger partial charge is 0.143 e. The Morgan fingerprint density at radius 3 is 1.91 bits per heavy atom.